The average Bonchev–Trinajstić information content (AvgIpc) is 3.10. The van der Waals surface area contributed by atoms with Gasteiger partial charge in [-0.25, -0.2) is 9.78 Å². The number of nitrogens with one attached hydrogen (secondary N) is 1. The van der Waals surface area contributed by atoms with E-state index in [1.54, 1.807) is 7.11 Å². The van der Waals surface area contributed by atoms with E-state index in [0.717, 1.165) is 15.7 Å². The number of rotatable bonds is 6. The zero-order valence-corrected chi connectivity index (χ0v) is 16.3. The fourth-order valence-electron chi connectivity index (χ4n) is 3.20. The molecule has 3 aromatic rings. The predicted molar refractivity (Wildman–Crippen MR) is 104 cm³/mol. The summed E-state index contributed by atoms with van der Waals surface area (Å²) >= 11 is 0. The summed E-state index contributed by atoms with van der Waals surface area (Å²) in [6.07, 6.45) is 1.11. The van der Waals surface area contributed by atoms with Crippen LogP contribution < -0.4 is 16.6 Å². The van der Waals surface area contributed by atoms with Crippen molar-refractivity contribution in [2.75, 3.05) is 13.7 Å². The third kappa shape index (κ3) is 3.48. The lowest BCUT2D eigenvalue weighted by Crippen LogP contribution is -2.38. The molecule has 0 aliphatic rings. The topological polar surface area (TPSA) is 100 Å². The Labute approximate surface area is 161 Å². The van der Waals surface area contributed by atoms with E-state index in [9.17, 15) is 14.4 Å². The second-order valence-corrected chi connectivity index (χ2v) is 6.64. The molecule has 0 saturated heterocycles. The number of aryl methyl sites for hydroxylation is 2. The fraction of sp³-hybridized carbons (Fsp3) is 0.368. The molecule has 9 heteroatoms. The van der Waals surface area contributed by atoms with Gasteiger partial charge in [0.05, 0.1) is 12.4 Å². The molecular formula is C19H23N5O4. The van der Waals surface area contributed by atoms with Gasteiger partial charge in [0, 0.05) is 27.7 Å². The number of nitrogens with zero attached hydrogens (tertiary/aromatic N) is 4. The summed E-state index contributed by atoms with van der Waals surface area (Å²) in [5, 5.41) is 2.83. The lowest BCUT2D eigenvalue weighted by molar-refractivity contribution is -0.122. The predicted octanol–water partition coefficient (Wildman–Crippen LogP) is 0.246. The Morgan fingerprint density at radius 2 is 1.93 bits per heavy atom. The molecule has 1 unspecified atom stereocenters. The lowest BCUT2D eigenvalue weighted by Gasteiger charge is -2.18. The highest BCUT2D eigenvalue weighted by Gasteiger charge is 2.17. The Balaban J connectivity index is 1.78. The first-order chi connectivity index (χ1) is 13.3. The maximum atomic E-state index is 12.4. The van der Waals surface area contributed by atoms with E-state index in [-0.39, 0.29) is 29.7 Å². The van der Waals surface area contributed by atoms with Crippen molar-refractivity contribution < 1.29 is 9.53 Å². The molecule has 28 heavy (non-hydrogen) atoms. The molecule has 0 aliphatic carbocycles. The average molecular weight is 385 g/mol. The van der Waals surface area contributed by atoms with E-state index in [0.29, 0.717) is 6.54 Å². The second-order valence-electron chi connectivity index (χ2n) is 6.64. The number of hydrogen-bond acceptors (Lipinski definition) is 5. The number of benzene rings is 1. The van der Waals surface area contributed by atoms with E-state index < -0.39 is 11.2 Å². The quantitative estimate of drug-likeness (QED) is 0.655. The Hall–Kier alpha value is -3.20. The van der Waals surface area contributed by atoms with Crippen molar-refractivity contribution in [1.82, 2.24) is 24.0 Å². The third-order valence-corrected chi connectivity index (χ3v) is 4.84. The van der Waals surface area contributed by atoms with Crippen LogP contribution in [0.15, 0.2) is 40.2 Å². The minimum Gasteiger partial charge on any atom is -0.375 e. The van der Waals surface area contributed by atoms with Crippen molar-refractivity contribution >= 4 is 17.1 Å². The van der Waals surface area contributed by atoms with Crippen LogP contribution in [0.2, 0.25) is 0 Å². The molecule has 1 amide bonds. The van der Waals surface area contributed by atoms with Gasteiger partial charge in [0.2, 0.25) is 5.91 Å². The Morgan fingerprint density at radius 1 is 1.21 bits per heavy atom. The summed E-state index contributed by atoms with van der Waals surface area (Å²) in [5.41, 5.74) is 1.58. The Morgan fingerprint density at radius 3 is 2.61 bits per heavy atom. The number of methoxy groups -OCH3 is 1. The maximum absolute atomic E-state index is 12.4. The molecule has 0 aliphatic heterocycles. The summed E-state index contributed by atoms with van der Waals surface area (Å²) in [6.45, 7) is 2.19. The fourth-order valence-corrected chi connectivity index (χ4v) is 3.20. The molecule has 2 aromatic heterocycles. The van der Waals surface area contributed by atoms with E-state index >= 15 is 0 Å². The lowest BCUT2D eigenvalue weighted by atomic mass is 10.0. The van der Waals surface area contributed by atoms with Crippen LogP contribution in [0, 0.1) is 6.92 Å². The molecule has 9 nitrogen and oxygen atoms in total. The van der Waals surface area contributed by atoms with Gasteiger partial charge in [-0.05, 0) is 18.1 Å². The molecule has 0 radical (unpaired) electrons. The van der Waals surface area contributed by atoms with Gasteiger partial charge in [0.1, 0.15) is 6.54 Å². The number of ether oxygens (including phenoxy) is 1. The SMILES string of the molecule is COC(CNC(=O)Cn1cnc2c1c(=O)n(C)c(=O)n2C)c1ccccc1C. The minimum atomic E-state index is -0.488. The van der Waals surface area contributed by atoms with Crippen molar-refractivity contribution in [3.8, 4) is 0 Å². The van der Waals surface area contributed by atoms with Gasteiger partial charge in [0.15, 0.2) is 11.2 Å². The van der Waals surface area contributed by atoms with Crippen LogP contribution in [-0.2, 0) is 30.2 Å². The Bertz CT molecular complexity index is 1140. The van der Waals surface area contributed by atoms with Crippen molar-refractivity contribution in [3.63, 3.8) is 0 Å². The number of carbonyl (C=O) groups is 1. The molecule has 1 atom stereocenters. The molecule has 0 spiro atoms. The van der Waals surface area contributed by atoms with Gasteiger partial charge in [-0.3, -0.25) is 18.7 Å². The first kappa shape index (κ1) is 19.6. The van der Waals surface area contributed by atoms with Crippen molar-refractivity contribution in [2.45, 2.75) is 19.6 Å². The van der Waals surface area contributed by atoms with Crippen LogP contribution in [0.4, 0.5) is 0 Å². The Kier molecular flexibility index (Phi) is 5.46. The van der Waals surface area contributed by atoms with E-state index in [2.05, 4.69) is 10.3 Å². The van der Waals surface area contributed by atoms with Crippen LogP contribution in [0.25, 0.3) is 11.2 Å². The number of carbonyl (C=O) groups excluding carboxylic acids is 1. The molecule has 3 rings (SSSR count). The van der Waals surface area contributed by atoms with Crippen LogP contribution in [0.1, 0.15) is 17.2 Å². The number of amides is 1. The third-order valence-electron chi connectivity index (χ3n) is 4.84. The first-order valence-electron chi connectivity index (χ1n) is 8.81. The van der Waals surface area contributed by atoms with E-state index in [1.807, 2.05) is 31.2 Å². The zero-order valence-electron chi connectivity index (χ0n) is 16.3. The van der Waals surface area contributed by atoms with Gasteiger partial charge >= 0.3 is 5.69 Å². The number of hydrogen-bond donors (Lipinski definition) is 1. The first-order valence-corrected chi connectivity index (χ1v) is 8.81. The normalized spacial score (nSPS) is 12.3. The monoisotopic (exact) mass is 385 g/mol. The van der Waals surface area contributed by atoms with Crippen LogP contribution in [0.3, 0.4) is 0 Å². The van der Waals surface area contributed by atoms with E-state index in [1.165, 1.54) is 29.6 Å². The van der Waals surface area contributed by atoms with Gasteiger partial charge in [-0.15, -0.1) is 0 Å². The largest absolute Gasteiger partial charge is 0.375 e. The molecule has 2 heterocycles. The smallest absolute Gasteiger partial charge is 0.332 e. The number of aromatic nitrogens is 4. The molecule has 0 fully saturated rings. The van der Waals surface area contributed by atoms with Crippen molar-refractivity contribution in [2.24, 2.45) is 14.1 Å². The van der Waals surface area contributed by atoms with Crippen LogP contribution in [-0.4, -0.2) is 38.2 Å². The van der Waals surface area contributed by atoms with Gasteiger partial charge in [-0.1, -0.05) is 24.3 Å². The van der Waals surface area contributed by atoms with Crippen molar-refractivity contribution in [3.05, 3.63) is 62.6 Å². The highest BCUT2D eigenvalue weighted by Crippen LogP contribution is 2.19. The summed E-state index contributed by atoms with van der Waals surface area (Å²) in [7, 11) is 4.52. The molecule has 1 N–H and O–H groups in total. The zero-order chi connectivity index (χ0) is 20.4. The standard InChI is InChI=1S/C19H23N5O4/c1-12-7-5-6-8-13(12)14(28-4)9-20-15(25)10-24-11-21-17-16(24)18(26)23(3)19(27)22(17)2/h5-8,11,14H,9-10H2,1-4H3,(H,20,25). The van der Waals surface area contributed by atoms with E-state index in [4.69, 9.17) is 4.74 Å². The molecular weight excluding hydrogens is 362 g/mol. The van der Waals surface area contributed by atoms with Crippen LogP contribution >= 0.6 is 0 Å². The van der Waals surface area contributed by atoms with Crippen molar-refractivity contribution in [1.29, 1.82) is 0 Å². The summed E-state index contributed by atoms with van der Waals surface area (Å²) in [6, 6.07) is 7.82. The minimum absolute atomic E-state index is 0.0891. The molecule has 0 bridgehead atoms. The maximum Gasteiger partial charge on any atom is 0.332 e. The van der Waals surface area contributed by atoms with Gasteiger partial charge < -0.3 is 14.6 Å². The van der Waals surface area contributed by atoms with Gasteiger partial charge in [0.25, 0.3) is 5.56 Å². The highest BCUT2D eigenvalue weighted by molar-refractivity contribution is 5.78. The molecule has 148 valence electrons. The van der Waals surface area contributed by atoms with Crippen LogP contribution in [0.5, 0.6) is 0 Å². The molecule has 0 saturated carbocycles. The summed E-state index contributed by atoms with van der Waals surface area (Å²) in [5.74, 6) is -0.286. The molecule has 1 aromatic carbocycles. The highest BCUT2D eigenvalue weighted by atomic mass is 16.5. The summed E-state index contributed by atoms with van der Waals surface area (Å²) < 4.78 is 9.24. The van der Waals surface area contributed by atoms with Gasteiger partial charge in [-0.2, -0.15) is 0 Å². The second kappa shape index (κ2) is 7.81. The number of imidazole rings is 1. The summed E-state index contributed by atoms with van der Waals surface area (Å²) in [4.78, 5) is 41.0. The number of fused-ring (bicyclic) bond motifs is 1.